The van der Waals surface area contributed by atoms with Gasteiger partial charge in [-0.2, -0.15) is 0 Å². The molecular formula is C28H27NO2S3. The Bertz CT molecular complexity index is 1240. The lowest BCUT2D eigenvalue weighted by Gasteiger charge is -2.33. The van der Waals surface area contributed by atoms with E-state index >= 15 is 0 Å². The highest BCUT2D eigenvalue weighted by Crippen LogP contribution is 2.55. The predicted molar refractivity (Wildman–Crippen MR) is 144 cm³/mol. The first-order valence-electron chi connectivity index (χ1n) is 11.1. The third kappa shape index (κ3) is 6.33. The zero-order chi connectivity index (χ0) is 23.9. The lowest BCUT2D eigenvalue weighted by Crippen LogP contribution is -2.30. The SMILES string of the molecule is Cc1ccc(S(=O)(=O)NCCC(Sc2ccccc2)(Sc2ccccc2)c2ccccc2)cc1. The summed E-state index contributed by atoms with van der Waals surface area (Å²) in [5.74, 6) is 0. The third-order valence-electron chi connectivity index (χ3n) is 5.34. The van der Waals surface area contributed by atoms with Crippen molar-refractivity contribution in [3.63, 3.8) is 0 Å². The van der Waals surface area contributed by atoms with E-state index in [-0.39, 0.29) is 4.90 Å². The summed E-state index contributed by atoms with van der Waals surface area (Å²) in [6, 6.07) is 37.8. The van der Waals surface area contributed by atoms with Gasteiger partial charge in [0.1, 0.15) is 0 Å². The highest BCUT2D eigenvalue weighted by molar-refractivity contribution is 8.17. The molecule has 0 amide bonds. The van der Waals surface area contributed by atoms with E-state index in [1.54, 1.807) is 35.7 Å². The summed E-state index contributed by atoms with van der Waals surface area (Å²) in [4.78, 5) is 2.56. The monoisotopic (exact) mass is 505 g/mol. The first kappa shape index (κ1) is 24.6. The molecule has 0 aliphatic carbocycles. The summed E-state index contributed by atoms with van der Waals surface area (Å²) >= 11 is 3.52. The summed E-state index contributed by atoms with van der Waals surface area (Å²) in [6.45, 7) is 2.25. The lowest BCUT2D eigenvalue weighted by molar-refractivity contribution is 0.577. The normalized spacial score (nSPS) is 11.9. The lowest BCUT2D eigenvalue weighted by atomic mass is 10.1. The van der Waals surface area contributed by atoms with Crippen LogP contribution < -0.4 is 4.72 Å². The Hall–Kier alpha value is -2.51. The van der Waals surface area contributed by atoms with Gasteiger partial charge >= 0.3 is 0 Å². The summed E-state index contributed by atoms with van der Waals surface area (Å²) in [6.07, 6.45) is 0.598. The average Bonchev–Trinajstić information content (AvgIpc) is 2.86. The fraction of sp³-hybridized carbons (Fsp3) is 0.143. The van der Waals surface area contributed by atoms with Gasteiger partial charge in [-0.3, -0.25) is 0 Å². The third-order valence-corrected chi connectivity index (χ3v) is 9.87. The minimum Gasteiger partial charge on any atom is -0.211 e. The van der Waals surface area contributed by atoms with Crippen LogP contribution in [-0.4, -0.2) is 15.0 Å². The van der Waals surface area contributed by atoms with Crippen LogP contribution in [0.5, 0.6) is 0 Å². The fourth-order valence-electron chi connectivity index (χ4n) is 3.59. The largest absolute Gasteiger partial charge is 0.240 e. The minimum absolute atomic E-state index is 0.287. The van der Waals surface area contributed by atoms with E-state index in [0.717, 1.165) is 20.9 Å². The van der Waals surface area contributed by atoms with Gasteiger partial charge in [-0.25, -0.2) is 13.1 Å². The molecule has 0 aromatic heterocycles. The molecule has 0 spiro atoms. The molecule has 0 atom stereocenters. The molecule has 0 radical (unpaired) electrons. The molecule has 6 heteroatoms. The zero-order valence-electron chi connectivity index (χ0n) is 18.9. The van der Waals surface area contributed by atoms with E-state index in [2.05, 4.69) is 41.1 Å². The van der Waals surface area contributed by atoms with Gasteiger partial charge in [0.15, 0.2) is 0 Å². The van der Waals surface area contributed by atoms with Gasteiger partial charge in [-0.1, -0.05) is 84.4 Å². The highest BCUT2D eigenvalue weighted by atomic mass is 32.2. The first-order chi connectivity index (χ1) is 16.5. The summed E-state index contributed by atoms with van der Waals surface area (Å²) < 4.78 is 28.3. The van der Waals surface area contributed by atoms with Crippen LogP contribution in [0.25, 0.3) is 0 Å². The molecule has 0 saturated heterocycles. The Balaban J connectivity index is 1.66. The quantitative estimate of drug-likeness (QED) is 0.184. The second-order valence-corrected chi connectivity index (χ2v) is 12.7. The van der Waals surface area contributed by atoms with Crippen LogP contribution in [0.1, 0.15) is 17.5 Å². The molecule has 34 heavy (non-hydrogen) atoms. The van der Waals surface area contributed by atoms with Gasteiger partial charge in [0, 0.05) is 16.3 Å². The van der Waals surface area contributed by atoms with Crippen LogP contribution in [0, 0.1) is 6.92 Å². The molecule has 174 valence electrons. The number of hydrogen-bond acceptors (Lipinski definition) is 4. The Morgan fingerprint density at radius 1 is 0.676 bits per heavy atom. The van der Waals surface area contributed by atoms with Crippen molar-refractivity contribution in [3.8, 4) is 0 Å². The molecule has 4 rings (SSSR count). The molecule has 0 heterocycles. The van der Waals surface area contributed by atoms with Gasteiger partial charge in [0.05, 0.1) is 8.97 Å². The van der Waals surface area contributed by atoms with Crippen molar-refractivity contribution in [1.29, 1.82) is 0 Å². The first-order valence-corrected chi connectivity index (χ1v) is 14.2. The van der Waals surface area contributed by atoms with Crippen molar-refractivity contribution in [3.05, 3.63) is 126 Å². The maximum absolute atomic E-state index is 13.0. The van der Waals surface area contributed by atoms with Crippen molar-refractivity contribution in [2.75, 3.05) is 6.54 Å². The number of hydrogen-bond donors (Lipinski definition) is 1. The Morgan fingerprint density at radius 3 is 1.65 bits per heavy atom. The van der Waals surface area contributed by atoms with Crippen LogP contribution in [0.4, 0.5) is 0 Å². The number of aryl methyl sites for hydroxylation is 1. The number of thioether (sulfide) groups is 2. The van der Waals surface area contributed by atoms with Crippen molar-refractivity contribution in [2.24, 2.45) is 0 Å². The van der Waals surface area contributed by atoms with Crippen molar-refractivity contribution in [1.82, 2.24) is 4.72 Å². The summed E-state index contributed by atoms with van der Waals surface area (Å²) in [7, 11) is -3.60. The maximum atomic E-state index is 13.0. The van der Waals surface area contributed by atoms with Gasteiger partial charge in [0.25, 0.3) is 0 Å². The summed E-state index contributed by atoms with van der Waals surface area (Å²) in [5.41, 5.74) is 2.17. The van der Waals surface area contributed by atoms with Crippen molar-refractivity contribution in [2.45, 2.75) is 32.1 Å². The zero-order valence-corrected chi connectivity index (χ0v) is 21.4. The predicted octanol–water partition coefficient (Wildman–Crippen LogP) is 7.10. The molecule has 0 unspecified atom stereocenters. The average molecular weight is 506 g/mol. The standard InChI is InChI=1S/C28H27NO2S3/c1-23-17-19-27(20-18-23)34(30,31)29-22-21-28(24-11-5-2-6-12-24,32-25-13-7-3-8-14-25)33-26-15-9-4-10-16-26/h2-20,29H,21-22H2,1H3. The van der Waals surface area contributed by atoms with E-state index in [4.69, 9.17) is 0 Å². The molecule has 0 aliphatic heterocycles. The fourth-order valence-corrected chi connectivity index (χ4v) is 7.63. The molecule has 3 nitrogen and oxygen atoms in total. The van der Waals surface area contributed by atoms with Gasteiger partial charge in [-0.15, -0.1) is 23.5 Å². The van der Waals surface area contributed by atoms with Gasteiger partial charge in [0.2, 0.25) is 10.0 Å². The van der Waals surface area contributed by atoms with E-state index in [1.807, 2.05) is 73.7 Å². The summed E-state index contributed by atoms with van der Waals surface area (Å²) in [5, 5.41) is 0. The molecule has 0 fully saturated rings. The second kappa shape index (κ2) is 11.3. The molecule has 0 bridgehead atoms. The van der Waals surface area contributed by atoms with Crippen molar-refractivity contribution >= 4 is 33.5 Å². The van der Waals surface area contributed by atoms with Gasteiger partial charge in [-0.05, 0) is 55.3 Å². The Morgan fingerprint density at radius 2 is 1.15 bits per heavy atom. The number of benzene rings is 4. The highest BCUT2D eigenvalue weighted by Gasteiger charge is 2.35. The van der Waals surface area contributed by atoms with Crippen LogP contribution in [0.2, 0.25) is 0 Å². The van der Waals surface area contributed by atoms with Crippen LogP contribution >= 0.6 is 23.5 Å². The molecule has 4 aromatic carbocycles. The topological polar surface area (TPSA) is 46.2 Å². The molecule has 0 saturated carbocycles. The number of rotatable bonds is 10. The maximum Gasteiger partial charge on any atom is 0.240 e. The van der Waals surface area contributed by atoms with Crippen LogP contribution in [-0.2, 0) is 14.1 Å². The Kier molecular flexibility index (Phi) is 8.16. The van der Waals surface area contributed by atoms with E-state index in [1.165, 1.54) is 0 Å². The van der Waals surface area contributed by atoms with E-state index in [0.29, 0.717) is 13.0 Å². The number of nitrogens with one attached hydrogen (secondary N) is 1. The molecule has 1 N–H and O–H groups in total. The van der Waals surface area contributed by atoms with Gasteiger partial charge < -0.3 is 0 Å². The minimum atomic E-state index is -3.60. The smallest absolute Gasteiger partial charge is 0.211 e. The molecule has 0 aliphatic rings. The van der Waals surface area contributed by atoms with E-state index in [9.17, 15) is 8.42 Å². The number of sulfonamides is 1. The van der Waals surface area contributed by atoms with E-state index < -0.39 is 14.1 Å². The Labute approximate surface area is 211 Å². The van der Waals surface area contributed by atoms with Crippen LogP contribution in [0.15, 0.2) is 130 Å². The molecular weight excluding hydrogens is 479 g/mol. The molecule has 4 aromatic rings. The van der Waals surface area contributed by atoms with Crippen LogP contribution in [0.3, 0.4) is 0 Å². The second-order valence-electron chi connectivity index (χ2n) is 7.91. The van der Waals surface area contributed by atoms with Crippen molar-refractivity contribution < 1.29 is 8.42 Å².